The summed E-state index contributed by atoms with van der Waals surface area (Å²) < 4.78 is 2.57. The summed E-state index contributed by atoms with van der Waals surface area (Å²) in [5.41, 5.74) is 2.22. The van der Waals surface area contributed by atoms with Crippen LogP contribution in [0.1, 0.15) is 5.56 Å². The molecule has 2 aromatic heterocycles. The standard InChI is InChI=1S/C14H8BrN5/c15-13-3-1-2-12(18-13)14-19-17-9-20(14)11-6-4-10(8-16)5-7-11/h1-7,9H. The maximum absolute atomic E-state index is 8.83. The molecule has 0 aliphatic carbocycles. The van der Waals surface area contributed by atoms with E-state index in [1.54, 1.807) is 18.5 Å². The molecule has 0 unspecified atom stereocenters. The number of halogens is 1. The van der Waals surface area contributed by atoms with Gasteiger partial charge in [-0.2, -0.15) is 5.26 Å². The SMILES string of the molecule is N#Cc1ccc(-n2cnnc2-c2cccc(Br)n2)cc1. The van der Waals surface area contributed by atoms with E-state index in [0.29, 0.717) is 11.4 Å². The van der Waals surface area contributed by atoms with E-state index in [9.17, 15) is 0 Å². The zero-order chi connectivity index (χ0) is 13.9. The predicted octanol–water partition coefficient (Wildman–Crippen LogP) is 2.96. The molecule has 3 aromatic rings. The molecule has 0 saturated carbocycles. The molecule has 6 heteroatoms. The van der Waals surface area contributed by atoms with Crippen molar-refractivity contribution in [2.45, 2.75) is 0 Å². The molecule has 1 aromatic carbocycles. The van der Waals surface area contributed by atoms with E-state index in [4.69, 9.17) is 5.26 Å². The van der Waals surface area contributed by atoms with Crippen LogP contribution < -0.4 is 0 Å². The van der Waals surface area contributed by atoms with Crippen molar-refractivity contribution in [3.05, 3.63) is 59.0 Å². The minimum Gasteiger partial charge on any atom is -0.280 e. The number of rotatable bonds is 2. The van der Waals surface area contributed by atoms with Crippen LogP contribution in [0.2, 0.25) is 0 Å². The van der Waals surface area contributed by atoms with E-state index in [2.05, 4.69) is 37.2 Å². The Balaban J connectivity index is 2.08. The molecule has 3 rings (SSSR count). The van der Waals surface area contributed by atoms with Crippen LogP contribution in [0, 0.1) is 11.3 Å². The molecule has 0 spiro atoms. The van der Waals surface area contributed by atoms with Crippen molar-refractivity contribution >= 4 is 15.9 Å². The Bertz CT molecular complexity index is 786. The normalized spacial score (nSPS) is 10.2. The van der Waals surface area contributed by atoms with Gasteiger partial charge in [0.1, 0.15) is 16.6 Å². The summed E-state index contributed by atoms with van der Waals surface area (Å²) in [5.74, 6) is 0.649. The van der Waals surface area contributed by atoms with Crippen molar-refractivity contribution in [2.75, 3.05) is 0 Å². The third-order valence-corrected chi connectivity index (χ3v) is 3.21. The third kappa shape index (κ3) is 2.31. The summed E-state index contributed by atoms with van der Waals surface area (Å²) in [6.45, 7) is 0. The van der Waals surface area contributed by atoms with Crippen LogP contribution >= 0.6 is 15.9 Å². The van der Waals surface area contributed by atoms with Gasteiger partial charge in [-0.1, -0.05) is 6.07 Å². The van der Waals surface area contributed by atoms with Crippen LogP contribution in [0.4, 0.5) is 0 Å². The average molecular weight is 326 g/mol. The van der Waals surface area contributed by atoms with Gasteiger partial charge in [0, 0.05) is 5.69 Å². The van der Waals surface area contributed by atoms with E-state index in [1.807, 2.05) is 34.9 Å². The molecule has 0 atom stereocenters. The fourth-order valence-corrected chi connectivity index (χ4v) is 2.17. The number of nitrogens with zero attached hydrogens (tertiary/aromatic N) is 5. The molecule has 20 heavy (non-hydrogen) atoms. The minimum atomic E-state index is 0.615. The summed E-state index contributed by atoms with van der Waals surface area (Å²) in [6.07, 6.45) is 1.62. The Morgan fingerprint density at radius 2 is 1.90 bits per heavy atom. The zero-order valence-corrected chi connectivity index (χ0v) is 11.8. The van der Waals surface area contributed by atoms with Crippen molar-refractivity contribution in [2.24, 2.45) is 0 Å². The highest BCUT2D eigenvalue weighted by molar-refractivity contribution is 9.10. The fraction of sp³-hybridized carbons (Fsp3) is 0. The van der Waals surface area contributed by atoms with Crippen LogP contribution in [0.15, 0.2) is 53.4 Å². The average Bonchev–Trinajstić information content (AvgIpc) is 2.97. The summed E-state index contributed by atoms with van der Waals surface area (Å²) in [4.78, 5) is 4.38. The van der Waals surface area contributed by atoms with Gasteiger partial charge in [-0.3, -0.25) is 4.57 Å². The van der Waals surface area contributed by atoms with Gasteiger partial charge in [-0.25, -0.2) is 4.98 Å². The zero-order valence-electron chi connectivity index (χ0n) is 10.2. The van der Waals surface area contributed by atoms with Gasteiger partial charge in [-0.15, -0.1) is 10.2 Å². The maximum Gasteiger partial charge on any atom is 0.187 e. The van der Waals surface area contributed by atoms with Crippen LogP contribution in [0.3, 0.4) is 0 Å². The number of pyridine rings is 1. The number of hydrogen-bond donors (Lipinski definition) is 0. The lowest BCUT2D eigenvalue weighted by atomic mass is 10.2. The molecule has 5 nitrogen and oxygen atoms in total. The van der Waals surface area contributed by atoms with E-state index >= 15 is 0 Å². The highest BCUT2D eigenvalue weighted by atomic mass is 79.9. The minimum absolute atomic E-state index is 0.615. The Morgan fingerprint density at radius 3 is 2.60 bits per heavy atom. The monoisotopic (exact) mass is 325 g/mol. The third-order valence-electron chi connectivity index (χ3n) is 2.77. The van der Waals surface area contributed by atoms with E-state index in [1.165, 1.54) is 0 Å². The van der Waals surface area contributed by atoms with Crippen LogP contribution in [0.5, 0.6) is 0 Å². The van der Waals surface area contributed by atoms with Crippen molar-refractivity contribution in [3.8, 4) is 23.3 Å². The Labute approximate surface area is 123 Å². The second-order valence-electron chi connectivity index (χ2n) is 4.03. The molecule has 0 N–H and O–H groups in total. The maximum atomic E-state index is 8.83. The van der Waals surface area contributed by atoms with E-state index in [-0.39, 0.29) is 0 Å². The molecular formula is C14H8BrN5. The highest BCUT2D eigenvalue weighted by Crippen LogP contribution is 2.20. The summed E-state index contributed by atoms with van der Waals surface area (Å²) in [5, 5.41) is 16.9. The smallest absolute Gasteiger partial charge is 0.187 e. The van der Waals surface area contributed by atoms with Gasteiger partial charge in [-0.05, 0) is 52.3 Å². The van der Waals surface area contributed by atoms with Crippen molar-refractivity contribution in [3.63, 3.8) is 0 Å². The highest BCUT2D eigenvalue weighted by Gasteiger charge is 2.10. The van der Waals surface area contributed by atoms with Gasteiger partial charge < -0.3 is 0 Å². The largest absolute Gasteiger partial charge is 0.280 e. The second-order valence-corrected chi connectivity index (χ2v) is 4.84. The second kappa shape index (κ2) is 5.23. The molecule has 96 valence electrons. The molecule has 0 radical (unpaired) electrons. The summed E-state index contributed by atoms with van der Waals surface area (Å²) >= 11 is 3.34. The summed E-state index contributed by atoms with van der Waals surface area (Å²) in [6, 6.07) is 14.9. The molecular weight excluding hydrogens is 318 g/mol. The molecule has 0 saturated heterocycles. The molecule has 0 aliphatic rings. The van der Waals surface area contributed by atoms with E-state index < -0.39 is 0 Å². The Morgan fingerprint density at radius 1 is 1.10 bits per heavy atom. The lowest BCUT2D eigenvalue weighted by Gasteiger charge is -2.06. The molecule has 0 fully saturated rings. The Kier molecular flexibility index (Phi) is 3.27. The van der Waals surface area contributed by atoms with Gasteiger partial charge in [0.15, 0.2) is 5.82 Å². The fourth-order valence-electron chi connectivity index (χ4n) is 1.83. The van der Waals surface area contributed by atoms with Gasteiger partial charge in [0.25, 0.3) is 0 Å². The number of nitriles is 1. The van der Waals surface area contributed by atoms with Crippen molar-refractivity contribution < 1.29 is 0 Å². The topological polar surface area (TPSA) is 67.4 Å². The lowest BCUT2D eigenvalue weighted by molar-refractivity contribution is 1.05. The van der Waals surface area contributed by atoms with Crippen molar-refractivity contribution in [1.82, 2.24) is 19.7 Å². The van der Waals surface area contributed by atoms with Gasteiger partial charge >= 0.3 is 0 Å². The lowest BCUT2D eigenvalue weighted by Crippen LogP contribution is -1.97. The number of aromatic nitrogens is 4. The van der Waals surface area contributed by atoms with E-state index in [0.717, 1.165) is 16.0 Å². The molecule has 0 aliphatic heterocycles. The number of hydrogen-bond acceptors (Lipinski definition) is 4. The predicted molar refractivity (Wildman–Crippen MR) is 77.0 cm³/mol. The van der Waals surface area contributed by atoms with Gasteiger partial charge in [0.05, 0.1) is 11.6 Å². The molecule has 2 heterocycles. The van der Waals surface area contributed by atoms with Crippen LogP contribution in [-0.2, 0) is 0 Å². The number of benzene rings is 1. The quantitative estimate of drug-likeness (QED) is 0.679. The summed E-state index contributed by atoms with van der Waals surface area (Å²) in [7, 11) is 0. The van der Waals surface area contributed by atoms with Crippen LogP contribution in [-0.4, -0.2) is 19.7 Å². The Hall–Kier alpha value is -2.52. The van der Waals surface area contributed by atoms with Crippen LogP contribution in [0.25, 0.3) is 17.2 Å². The first kappa shape index (κ1) is 12.5. The first-order valence-electron chi connectivity index (χ1n) is 5.81. The molecule has 0 bridgehead atoms. The van der Waals surface area contributed by atoms with Crippen molar-refractivity contribution in [1.29, 1.82) is 5.26 Å². The molecule has 0 amide bonds. The first-order chi connectivity index (χ1) is 9.78. The van der Waals surface area contributed by atoms with Gasteiger partial charge in [0.2, 0.25) is 0 Å². The first-order valence-corrected chi connectivity index (χ1v) is 6.61.